The molecular formula is C17H18BrNO2. The average Bonchev–Trinajstić information content (AvgIpc) is 2.99. The molecular weight excluding hydrogens is 330 g/mol. The van der Waals surface area contributed by atoms with E-state index in [1.165, 1.54) is 27.5 Å². The zero-order chi connectivity index (χ0) is 14.2. The predicted molar refractivity (Wildman–Crippen MR) is 86.2 cm³/mol. The second-order valence-corrected chi connectivity index (χ2v) is 6.66. The van der Waals surface area contributed by atoms with Crippen LogP contribution < -0.4 is 0 Å². The fourth-order valence-electron chi connectivity index (χ4n) is 3.29. The topological polar surface area (TPSA) is 21.7 Å². The van der Waals surface area contributed by atoms with Gasteiger partial charge in [-0.05, 0) is 45.7 Å². The van der Waals surface area contributed by atoms with Gasteiger partial charge in [0, 0.05) is 24.1 Å². The number of hydrogen-bond acceptors (Lipinski definition) is 3. The molecule has 0 bridgehead atoms. The van der Waals surface area contributed by atoms with Gasteiger partial charge < -0.3 is 9.47 Å². The molecule has 0 saturated carbocycles. The Morgan fingerprint density at radius 1 is 1.00 bits per heavy atom. The Hall–Kier alpha value is -0.940. The summed E-state index contributed by atoms with van der Waals surface area (Å²) >= 11 is 3.58. The summed E-state index contributed by atoms with van der Waals surface area (Å²) in [5.41, 5.74) is 4.18. The van der Waals surface area contributed by atoms with Crippen LogP contribution in [0.5, 0.6) is 0 Å². The van der Waals surface area contributed by atoms with E-state index in [2.05, 4.69) is 45.1 Å². The van der Waals surface area contributed by atoms with Gasteiger partial charge in [0.15, 0.2) is 0 Å². The predicted octanol–water partition coefficient (Wildman–Crippen LogP) is 3.46. The molecule has 0 unspecified atom stereocenters. The second-order valence-electron chi connectivity index (χ2n) is 5.74. The molecule has 0 atom stereocenters. The molecule has 1 saturated heterocycles. The van der Waals surface area contributed by atoms with E-state index in [1.54, 1.807) is 0 Å². The highest BCUT2D eigenvalue weighted by Gasteiger charge is 2.21. The molecule has 2 aliphatic heterocycles. The highest BCUT2D eigenvalue weighted by molar-refractivity contribution is 9.10. The van der Waals surface area contributed by atoms with Gasteiger partial charge in [-0.25, -0.2) is 0 Å². The molecule has 0 N–H and O–H groups in total. The van der Waals surface area contributed by atoms with Crippen molar-refractivity contribution >= 4 is 26.7 Å². The van der Waals surface area contributed by atoms with Gasteiger partial charge in [0.25, 0.3) is 0 Å². The van der Waals surface area contributed by atoms with E-state index < -0.39 is 0 Å². The number of fused-ring (bicyclic) bond motifs is 3. The quantitative estimate of drug-likeness (QED) is 0.830. The molecule has 2 aliphatic rings. The first-order valence-electron chi connectivity index (χ1n) is 7.42. The van der Waals surface area contributed by atoms with Crippen LogP contribution in [0.1, 0.15) is 16.7 Å². The van der Waals surface area contributed by atoms with Crippen molar-refractivity contribution in [1.82, 2.24) is 4.90 Å². The maximum Gasteiger partial charge on any atom is 0.0731 e. The summed E-state index contributed by atoms with van der Waals surface area (Å²) in [4.78, 5) is 2.47. The zero-order valence-corrected chi connectivity index (χ0v) is 13.5. The lowest BCUT2D eigenvalue weighted by atomic mass is 9.95. The van der Waals surface area contributed by atoms with E-state index in [0.717, 1.165) is 50.5 Å². The minimum absolute atomic E-state index is 0.735. The number of rotatable bonds is 2. The van der Waals surface area contributed by atoms with Crippen molar-refractivity contribution in [2.24, 2.45) is 0 Å². The second kappa shape index (κ2) is 5.69. The van der Waals surface area contributed by atoms with E-state index >= 15 is 0 Å². The van der Waals surface area contributed by atoms with Crippen LogP contribution >= 0.6 is 15.9 Å². The summed E-state index contributed by atoms with van der Waals surface area (Å²) in [6.07, 6.45) is 0. The van der Waals surface area contributed by atoms with Gasteiger partial charge in [-0.2, -0.15) is 0 Å². The smallest absolute Gasteiger partial charge is 0.0731 e. The number of benzene rings is 2. The van der Waals surface area contributed by atoms with Gasteiger partial charge in [0.05, 0.1) is 26.4 Å². The highest BCUT2D eigenvalue weighted by Crippen LogP contribution is 2.34. The number of halogens is 1. The van der Waals surface area contributed by atoms with Crippen molar-refractivity contribution in [3.8, 4) is 0 Å². The fraction of sp³-hybridized carbons (Fsp3) is 0.412. The van der Waals surface area contributed by atoms with Crippen LogP contribution in [0.15, 0.2) is 28.7 Å². The van der Waals surface area contributed by atoms with E-state index in [4.69, 9.17) is 9.47 Å². The lowest BCUT2D eigenvalue weighted by Crippen LogP contribution is -2.35. The SMILES string of the molecule is Brc1ccc2cc(CN3CCOCC3)c3c(c2c1)COC3. The number of nitrogens with zero attached hydrogens (tertiary/aromatic N) is 1. The molecule has 2 aromatic rings. The largest absolute Gasteiger partial charge is 0.379 e. The van der Waals surface area contributed by atoms with Crippen LogP contribution in [-0.4, -0.2) is 31.2 Å². The molecule has 21 heavy (non-hydrogen) atoms. The highest BCUT2D eigenvalue weighted by atomic mass is 79.9. The Balaban J connectivity index is 1.76. The average molecular weight is 348 g/mol. The third-order valence-electron chi connectivity index (χ3n) is 4.41. The first-order chi connectivity index (χ1) is 10.3. The molecule has 4 heteroatoms. The molecule has 0 amide bonds. The van der Waals surface area contributed by atoms with Crippen molar-refractivity contribution in [3.05, 3.63) is 45.4 Å². The Morgan fingerprint density at radius 2 is 1.81 bits per heavy atom. The molecule has 2 aromatic carbocycles. The van der Waals surface area contributed by atoms with E-state index in [9.17, 15) is 0 Å². The van der Waals surface area contributed by atoms with Gasteiger partial charge in [-0.3, -0.25) is 4.90 Å². The third kappa shape index (κ3) is 2.61. The van der Waals surface area contributed by atoms with E-state index in [-0.39, 0.29) is 0 Å². The van der Waals surface area contributed by atoms with Crippen molar-refractivity contribution in [3.63, 3.8) is 0 Å². The van der Waals surface area contributed by atoms with Crippen LogP contribution in [0.2, 0.25) is 0 Å². The summed E-state index contributed by atoms with van der Waals surface area (Å²) in [5, 5.41) is 2.63. The maximum atomic E-state index is 5.73. The monoisotopic (exact) mass is 347 g/mol. The van der Waals surface area contributed by atoms with Crippen LogP contribution in [0.25, 0.3) is 10.8 Å². The number of ether oxygens (including phenoxy) is 2. The molecule has 0 aromatic heterocycles. The first kappa shape index (κ1) is 13.7. The van der Waals surface area contributed by atoms with Gasteiger partial charge >= 0.3 is 0 Å². The summed E-state index contributed by atoms with van der Waals surface area (Å²) < 4.78 is 12.3. The summed E-state index contributed by atoms with van der Waals surface area (Å²) in [7, 11) is 0. The van der Waals surface area contributed by atoms with Crippen molar-refractivity contribution in [2.45, 2.75) is 19.8 Å². The van der Waals surface area contributed by atoms with Gasteiger partial charge in [0.1, 0.15) is 0 Å². The Kier molecular flexibility index (Phi) is 3.71. The van der Waals surface area contributed by atoms with Gasteiger partial charge in [-0.1, -0.05) is 22.0 Å². The van der Waals surface area contributed by atoms with Crippen molar-refractivity contribution < 1.29 is 9.47 Å². The maximum absolute atomic E-state index is 5.73. The lowest BCUT2D eigenvalue weighted by molar-refractivity contribution is 0.0339. The molecule has 110 valence electrons. The third-order valence-corrected chi connectivity index (χ3v) is 4.91. The summed E-state index contributed by atoms with van der Waals surface area (Å²) in [6.45, 7) is 6.22. The Morgan fingerprint density at radius 3 is 2.67 bits per heavy atom. The van der Waals surface area contributed by atoms with Crippen molar-refractivity contribution in [2.75, 3.05) is 26.3 Å². The normalized spacial score (nSPS) is 19.1. The fourth-order valence-corrected chi connectivity index (χ4v) is 3.65. The van der Waals surface area contributed by atoms with Crippen LogP contribution in [0.3, 0.4) is 0 Å². The molecule has 3 nitrogen and oxygen atoms in total. The molecule has 1 fully saturated rings. The minimum Gasteiger partial charge on any atom is -0.379 e. The molecule has 0 radical (unpaired) electrons. The van der Waals surface area contributed by atoms with E-state index in [1.807, 2.05) is 0 Å². The molecule has 0 spiro atoms. The van der Waals surface area contributed by atoms with Gasteiger partial charge in [-0.15, -0.1) is 0 Å². The molecule has 0 aliphatic carbocycles. The van der Waals surface area contributed by atoms with Crippen LogP contribution in [-0.2, 0) is 29.2 Å². The Bertz CT molecular complexity index is 680. The Labute approximate surface area is 133 Å². The lowest BCUT2D eigenvalue weighted by Gasteiger charge is -2.27. The summed E-state index contributed by atoms with van der Waals surface area (Å²) in [5.74, 6) is 0. The van der Waals surface area contributed by atoms with Crippen LogP contribution in [0.4, 0.5) is 0 Å². The number of morpholine rings is 1. The minimum atomic E-state index is 0.735. The van der Waals surface area contributed by atoms with Crippen LogP contribution in [0, 0.1) is 0 Å². The standard InChI is InChI=1S/C17H18BrNO2/c18-14-2-1-12-7-13(9-19-3-5-20-6-4-19)16-10-21-11-17(16)15(12)8-14/h1-2,7-8H,3-6,9-11H2. The van der Waals surface area contributed by atoms with Crippen molar-refractivity contribution in [1.29, 1.82) is 0 Å². The van der Waals surface area contributed by atoms with Gasteiger partial charge in [0.2, 0.25) is 0 Å². The molecule has 4 rings (SSSR count). The first-order valence-corrected chi connectivity index (χ1v) is 8.21. The molecule has 2 heterocycles. The number of hydrogen-bond donors (Lipinski definition) is 0. The summed E-state index contributed by atoms with van der Waals surface area (Å²) in [6, 6.07) is 8.86. The zero-order valence-electron chi connectivity index (χ0n) is 11.9. The van der Waals surface area contributed by atoms with E-state index in [0.29, 0.717) is 0 Å².